The first kappa shape index (κ1) is 20.6. The smallest absolute Gasteiger partial charge is 0.409 e. The Bertz CT molecular complexity index is 736. The van der Waals surface area contributed by atoms with Crippen molar-refractivity contribution in [2.24, 2.45) is 5.92 Å². The molecule has 152 valence electrons. The average Bonchev–Trinajstić information content (AvgIpc) is 3.09. The van der Waals surface area contributed by atoms with Crippen LogP contribution in [0.2, 0.25) is 0 Å². The van der Waals surface area contributed by atoms with Crippen molar-refractivity contribution in [1.82, 2.24) is 15.1 Å². The molecule has 2 heterocycles. The summed E-state index contributed by atoms with van der Waals surface area (Å²) in [7, 11) is 1.38. The van der Waals surface area contributed by atoms with E-state index in [9.17, 15) is 14.4 Å². The summed E-state index contributed by atoms with van der Waals surface area (Å²) in [6.07, 6.45) is -0.0651. The number of anilines is 1. The third-order valence-electron chi connectivity index (χ3n) is 5.15. The summed E-state index contributed by atoms with van der Waals surface area (Å²) >= 11 is 3.41. The second kappa shape index (κ2) is 9.38. The topological polar surface area (TPSA) is 82.2 Å². The van der Waals surface area contributed by atoms with Gasteiger partial charge in [-0.3, -0.25) is 14.5 Å². The quantitative estimate of drug-likeness (QED) is 0.727. The van der Waals surface area contributed by atoms with Gasteiger partial charge in [0.25, 0.3) is 0 Å². The van der Waals surface area contributed by atoms with Crippen LogP contribution in [0.15, 0.2) is 28.7 Å². The third kappa shape index (κ3) is 5.02. The summed E-state index contributed by atoms with van der Waals surface area (Å²) in [6.45, 7) is 4.40. The Hall–Kier alpha value is -2.13. The second-order valence-corrected chi connectivity index (χ2v) is 7.89. The zero-order chi connectivity index (χ0) is 20.1. The minimum atomic E-state index is -0.331. The lowest BCUT2D eigenvalue weighted by atomic mass is 10.1. The molecule has 1 aromatic rings. The molecule has 1 N–H and O–H groups in total. The summed E-state index contributed by atoms with van der Waals surface area (Å²) < 4.78 is 5.63. The summed E-state index contributed by atoms with van der Waals surface area (Å²) in [6, 6.07) is 7.53. The van der Waals surface area contributed by atoms with E-state index >= 15 is 0 Å². The number of amides is 3. The molecule has 2 fully saturated rings. The minimum absolute atomic E-state index is 0.0304. The Morgan fingerprint density at radius 3 is 2.68 bits per heavy atom. The van der Waals surface area contributed by atoms with Crippen molar-refractivity contribution < 1.29 is 19.1 Å². The van der Waals surface area contributed by atoms with Gasteiger partial charge in [0.1, 0.15) is 0 Å². The highest BCUT2D eigenvalue weighted by Crippen LogP contribution is 2.27. The van der Waals surface area contributed by atoms with Gasteiger partial charge in [0.05, 0.1) is 13.0 Å². The summed E-state index contributed by atoms with van der Waals surface area (Å²) in [4.78, 5) is 41.8. The molecule has 2 aliphatic rings. The van der Waals surface area contributed by atoms with Crippen LogP contribution in [0.1, 0.15) is 6.42 Å². The van der Waals surface area contributed by atoms with Crippen LogP contribution in [-0.4, -0.2) is 80.6 Å². The Morgan fingerprint density at radius 2 is 2.00 bits per heavy atom. The van der Waals surface area contributed by atoms with Crippen LogP contribution in [0, 0.1) is 5.92 Å². The summed E-state index contributed by atoms with van der Waals surface area (Å²) in [5.41, 5.74) is 0.804. The lowest BCUT2D eigenvalue weighted by Crippen LogP contribution is -2.50. The van der Waals surface area contributed by atoms with E-state index in [1.54, 1.807) is 9.80 Å². The van der Waals surface area contributed by atoms with Crippen molar-refractivity contribution in [3.8, 4) is 0 Å². The lowest BCUT2D eigenvalue weighted by Gasteiger charge is -2.33. The van der Waals surface area contributed by atoms with Crippen molar-refractivity contribution in [3.05, 3.63) is 28.7 Å². The van der Waals surface area contributed by atoms with Gasteiger partial charge in [0.2, 0.25) is 11.8 Å². The van der Waals surface area contributed by atoms with E-state index in [0.717, 1.165) is 29.8 Å². The third-order valence-corrected chi connectivity index (χ3v) is 5.64. The number of piperazine rings is 1. The maximum Gasteiger partial charge on any atom is 0.409 e. The first-order valence-electron chi connectivity index (χ1n) is 9.37. The molecule has 28 heavy (non-hydrogen) atoms. The van der Waals surface area contributed by atoms with Gasteiger partial charge in [-0.05, 0) is 18.2 Å². The number of hydrogen-bond donors (Lipinski definition) is 1. The van der Waals surface area contributed by atoms with Gasteiger partial charge < -0.3 is 19.9 Å². The van der Waals surface area contributed by atoms with Crippen LogP contribution in [0.3, 0.4) is 0 Å². The van der Waals surface area contributed by atoms with E-state index in [1.807, 2.05) is 24.3 Å². The molecule has 0 aromatic heterocycles. The number of nitrogens with one attached hydrogen (secondary N) is 1. The molecule has 1 unspecified atom stereocenters. The molecule has 0 radical (unpaired) electrons. The molecule has 1 aromatic carbocycles. The van der Waals surface area contributed by atoms with E-state index < -0.39 is 0 Å². The van der Waals surface area contributed by atoms with Gasteiger partial charge in [-0.2, -0.15) is 0 Å². The number of ether oxygens (including phenoxy) is 1. The van der Waals surface area contributed by atoms with E-state index in [1.165, 1.54) is 7.11 Å². The number of carbonyl (C=O) groups is 3. The molecule has 0 saturated carbocycles. The van der Waals surface area contributed by atoms with Crippen molar-refractivity contribution in [2.45, 2.75) is 6.42 Å². The molecule has 2 saturated heterocycles. The number of benzene rings is 1. The van der Waals surface area contributed by atoms with Gasteiger partial charge in [-0.15, -0.1) is 0 Å². The monoisotopic (exact) mass is 452 g/mol. The molecule has 0 bridgehead atoms. The number of nitrogens with zero attached hydrogens (tertiary/aromatic N) is 3. The summed E-state index contributed by atoms with van der Waals surface area (Å²) in [5, 5.41) is 2.95. The number of methoxy groups -OCH3 is 1. The van der Waals surface area contributed by atoms with E-state index in [4.69, 9.17) is 4.74 Å². The molecule has 2 aliphatic heterocycles. The van der Waals surface area contributed by atoms with Crippen molar-refractivity contribution in [1.29, 1.82) is 0 Å². The Morgan fingerprint density at radius 1 is 1.25 bits per heavy atom. The minimum Gasteiger partial charge on any atom is -0.453 e. The predicted octanol–water partition coefficient (Wildman–Crippen LogP) is 1.30. The lowest BCUT2D eigenvalue weighted by molar-refractivity contribution is -0.126. The van der Waals surface area contributed by atoms with E-state index in [2.05, 4.69) is 26.1 Å². The normalized spacial score (nSPS) is 20.4. The fourth-order valence-corrected chi connectivity index (χ4v) is 3.93. The molecule has 3 rings (SSSR count). The predicted molar refractivity (Wildman–Crippen MR) is 108 cm³/mol. The van der Waals surface area contributed by atoms with Crippen molar-refractivity contribution >= 4 is 39.5 Å². The Balaban J connectivity index is 1.41. The fourth-order valence-electron chi connectivity index (χ4n) is 3.54. The maximum atomic E-state index is 12.5. The zero-order valence-electron chi connectivity index (χ0n) is 15.9. The zero-order valence-corrected chi connectivity index (χ0v) is 17.5. The highest BCUT2D eigenvalue weighted by Gasteiger charge is 2.35. The first-order valence-corrected chi connectivity index (χ1v) is 10.2. The Kier molecular flexibility index (Phi) is 6.90. The molecule has 0 aliphatic carbocycles. The van der Waals surface area contributed by atoms with Gasteiger partial charge in [-0.25, -0.2) is 4.79 Å². The first-order chi connectivity index (χ1) is 13.5. The van der Waals surface area contributed by atoms with E-state index in [0.29, 0.717) is 26.2 Å². The molecule has 3 amide bonds. The molecule has 8 nitrogen and oxygen atoms in total. The van der Waals surface area contributed by atoms with Crippen LogP contribution in [0.4, 0.5) is 10.5 Å². The largest absolute Gasteiger partial charge is 0.453 e. The number of hydrogen-bond acceptors (Lipinski definition) is 5. The van der Waals surface area contributed by atoms with Crippen molar-refractivity contribution in [2.75, 3.05) is 57.8 Å². The highest BCUT2D eigenvalue weighted by atomic mass is 79.9. The number of halogens is 1. The Labute approximate surface area is 172 Å². The van der Waals surface area contributed by atoms with Gasteiger partial charge in [0.15, 0.2) is 0 Å². The summed E-state index contributed by atoms with van der Waals surface area (Å²) in [5.74, 6) is -0.445. The maximum absolute atomic E-state index is 12.5. The van der Waals surface area contributed by atoms with E-state index in [-0.39, 0.29) is 30.2 Å². The fraction of sp³-hybridized carbons (Fsp3) is 0.526. The molecular weight excluding hydrogens is 428 g/mol. The SMILES string of the molecule is COC(=O)N1CCN(CCNC(=O)C2CC(=O)N(c3cccc(Br)c3)C2)CC1. The molecule has 1 atom stereocenters. The number of rotatable bonds is 5. The highest BCUT2D eigenvalue weighted by molar-refractivity contribution is 9.10. The molecule has 9 heteroatoms. The molecule has 0 spiro atoms. The van der Waals surface area contributed by atoms with Crippen LogP contribution in [0.5, 0.6) is 0 Å². The standard InChI is InChI=1S/C19H25BrN4O4/c1-28-19(27)23-9-7-22(8-10-23)6-5-21-18(26)14-11-17(25)24(13-14)16-4-2-3-15(20)12-16/h2-4,12,14H,5-11,13H2,1H3,(H,21,26). The van der Waals surface area contributed by atoms with Crippen LogP contribution in [-0.2, 0) is 14.3 Å². The number of carbonyl (C=O) groups excluding carboxylic acids is 3. The van der Waals surface area contributed by atoms with Crippen molar-refractivity contribution in [3.63, 3.8) is 0 Å². The van der Waals surface area contributed by atoms with Crippen LogP contribution < -0.4 is 10.2 Å². The van der Waals surface area contributed by atoms with Gasteiger partial charge in [-0.1, -0.05) is 22.0 Å². The van der Waals surface area contributed by atoms with Gasteiger partial charge in [0, 0.05) is 62.4 Å². The second-order valence-electron chi connectivity index (χ2n) is 6.98. The van der Waals surface area contributed by atoms with Gasteiger partial charge >= 0.3 is 6.09 Å². The molecular formula is C19H25BrN4O4. The van der Waals surface area contributed by atoms with Crippen LogP contribution in [0.25, 0.3) is 0 Å². The van der Waals surface area contributed by atoms with Crippen LogP contribution >= 0.6 is 15.9 Å². The average molecular weight is 453 g/mol.